The summed E-state index contributed by atoms with van der Waals surface area (Å²) in [4.78, 5) is 22.6. The maximum Gasteiger partial charge on any atom is 0.313 e. The van der Waals surface area contributed by atoms with Crippen LogP contribution < -0.4 is 4.74 Å². The topological polar surface area (TPSA) is 52.6 Å². The Morgan fingerprint density at radius 3 is 2.33 bits per heavy atom. The average molecular weight is 250 g/mol. The van der Waals surface area contributed by atoms with Gasteiger partial charge in [0.15, 0.2) is 5.78 Å². The van der Waals surface area contributed by atoms with Gasteiger partial charge in [-0.15, -0.1) is 0 Å². The minimum Gasteiger partial charge on any atom is -0.485 e. The summed E-state index contributed by atoms with van der Waals surface area (Å²) in [6.45, 7) is 5.71. The molecule has 0 saturated heterocycles. The minimum atomic E-state index is -0.507. The number of carbonyl (C=O) groups is 2. The van der Waals surface area contributed by atoms with Crippen molar-refractivity contribution in [2.24, 2.45) is 0 Å². The van der Waals surface area contributed by atoms with Crippen molar-refractivity contribution in [3.63, 3.8) is 0 Å². The van der Waals surface area contributed by atoms with Crippen molar-refractivity contribution >= 4 is 11.8 Å². The average Bonchev–Trinajstić information content (AvgIpc) is 2.28. The predicted molar refractivity (Wildman–Crippen MR) is 67.7 cm³/mol. The van der Waals surface area contributed by atoms with Gasteiger partial charge in [0.1, 0.15) is 18.8 Å². The van der Waals surface area contributed by atoms with Crippen LogP contribution in [0.4, 0.5) is 0 Å². The number of hydrogen-bond acceptors (Lipinski definition) is 4. The maximum atomic E-state index is 11.5. The van der Waals surface area contributed by atoms with Gasteiger partial charge in [0, 0.05) is 0 Å². The van der Waals surface area contributed by atoms with Crippen LogP contribution >= 0.6 is 0 Å². The van der Waals surface area contributed by atoms with Gasteiger partial charge in [-0.1, -0.05) is 18.2 Å². The molecule has 98 valence electrons. The van der Waals surface area contributed by atoms with Crippen molar-refractivity contribution in [3.8, 4) is 5.75 Å². The Morgan fingerprint density at radius 2 is 1.78 bits per heavy atom. The molecule has 1 aromatic carbocycles. The molecule has 4 heteroatoms. The van der Waals surface area contributed by atoms with E-state index < -0.39 is 5.97 Å². The highest BCUT2D eigenvalue weighted by Crippen LogP contribution is 2.22. The maximum absolute atomic E-state index is 11.5. The molecule has 0 heterocycles. The highest BCUT2D eigenvalue weighted by Gasteiger charge is 2.12. The van der Waals surface area contributed by atoms with Gasteiger partial charge in [-0.05, 0) is 31.9 Å². The fourth-order valence-electron chi connectivity index (χ4n) is 1.60. The van der Waals surface area contributed by atoms with Crippen LogP contribution in [0.15, 0.2) is 18.2 Å². The van der Waals surface area contributed by atoms with E-state index in [1.54, 1.807) is 6.92 Å². The van der Waals surface area contributed by atoms with E-state index in [-0.39, 0.29) is 25.4 Å². The Bertz CT molecular complexity index is 417. The molecule has 0 bridgehead atoms. The molecular weight excluding hydrogens is 232 g/mol. The van der Waals surface area contributed by atoms with Gasteiger partial charge in [0.05, 0.1) is 6.61 Å². The standard InChI is InChI=1S/C14H18O4/c1-4-17-13(16)8-12(15)9-18-14-10(2)6-5-7-11(14)3/h5-7H,4,8-9H2,1-3H3. The van der Waals surface area contributed by atoms with Crippen LogP contribution in [0.3, 0.4) is 0 Å². The zero-order valence-electron chi connectivity index (χ0n) is 11.0. The lowest BCUT2D eigenvalue weighted by Gasteiger charge is -2.10. The lowest BCUT2D eigenvalue weighted by Crippen LogP contribution is -2.18. The first-order valence-corrected chi connectivity index (χ1v) is 5.91. The summed E-state index contributed by atoms with van der Waals surface area (Å²) in [5.74, 6) is -0.0848. The monoisotopic (exact) mass is 250 g/mol. The van der Waals surface area contributed by atoms with Crippen molar-refractivity contribution in [2.75, 3.05) is 13.2 Å². The Labute approximate surface area is 107 Å². The molecule has 4 nitrogen and oxygen atoms in total. The van der Waals surface area contributed by atoms with Crippen LogP contribution in [-0.2, 0) is 14.3 Å². The third-order valence-corrected chi connectivity index (χ3v) is 2.43. The number of aryl methyl sites for hydroxylation is 2. The van der Waals surface area contributed by atoms with Crippen molar-refractivity contribution < 1.29 is 19.1 Å². The number of benzene rings is 1. The second-order valence-electron chi connectivity index (χ2n) is 4.03. The SMILES string of the molecule is CCOC(=O)CC(=O)COc1c(C)cccc1C. The van der Waals surface area contributed by atoms with Crippen LogP contribution in [0.2, 0.25) is 0 Å². The number of para-hydroxylation sites is 1. The van der Waals surface area contributed by atoms with Gasteiger partial charge in [-0.2, -0.15) is 0 Å². The Morgan fingerprint density at radius 1 is 1.17 bits per heavy atom. The van der Waals surface area contributed by atoms with E-state index in [0.29, 0.717) is 5.75 Å². The molecule has 0 fully saturated rings. The van der Waals surface area contributed by atoms with E-state index in [4.69, 9.17) is 9.47 Å². The van der Waals surface area contributed by atoms with Gasteiger partial charge in [0.2, 0.25) is 0 Å². The molecule has 1 aromatic rings. The lowest BCUT2D eigenvalue weighted by atomic mass is 10.1. The molecule has 18 heavy (non-hydrogen) atoms. The van der Waals surface area contributed by atoms with Crippen LogP contribution in [0, 0.1) is 13.8 Å². The third-order valence-electron chi connectivity index (χ3n) is 2.43. The van der Waals surface area contributed by atoms with Crippen molar-refractivity contribution in [1.82, 2.24) is 0 Å². The molecule has 0 aliphatic rings. The van der Waals surface area contributed by atoms with Gasteiger partial charge >= 0.3 is 5.97 Å². The van der Waals surface area contributed by atoms with Crippen LogP contribution in [0.1, 0.15) is 24.5 Å². The summed E-state index contributed by atoms with van der Waals surface area (Å²) < 4.78 is 10.1. The van der Waals surface area contributed by atoms with E-state index in [2.05, 4.69) is 0 Å². The molecule has 0 unspecified atom stereocenters. The zero-order chi connectivity index (χ0) is 13.5. The van der Waals surface area contributed by atoms with E-state index in [9.17, 15) is 9.59 Å². The Hall–Kier alpha value is -1.84. The molecule has 0 aromatic heterocycles. The Balaban J connectivity index is 2.50. The highest BCUT2D eigenvalue weighted by atomic mass is 16.5. The molecule has 0 spiro atoms. The first-order valence-electron chi connectivity index (χ1n) is 5.91. The van der Waals surface area contributed by atoms with E-state index in [0.717, 1.165) is 11.1 Å². The van der Waals surface area contributed by atoms with Gasteiger partial charge in [-0.3, -0.25) is 9.59 Å². The van der Waals surface area contributed by atoms with Gasteiger partial charge in [-0.25, -0.2) is 0 Å². The predicted octanol–water partition coefficient (Wildman–Crippen LogP) is 2.20. The molecule has 0 atom stereocenters. The molecule has 0 amide bonds. The highest BCUT2D eigenvalue weighted by molar-refractivity contribution is 5.96. The summed E-state index contributed by atoms with van der Waals surface area (Å²) >= 11 is 0. The summed E-state index contributed by atoms with van der Waals surface area (Å²) in [5, 5.41) is 0. The molecule has 0 saturated carbocycles. The van der Waals surface area contributed by atoms with E-state index in [1.807, 2.05) is 32.0 Å². The van der Waals surface area contributed by atoms with Crippen LogP contribution in [0.25, 0.3) is 0 Å². The third kappa shape index (κ3) is 4.20. The van der Waals surface area contributed by atoms with E-state index in [1.165, 1.54) is 0 Å². The molecular formula is C14H18O4. The first-order chi connectivity index (χ1) is 8.54. The molecule has 0 aliphatic carbocycles. The summed E-state index contributed by atoms with van der Waals surface area (Å²) in [6, 6.07) is 5.76. The van der Waals surface area contributed by atoms with Gasteiger partial charge < -0.3 is 9.47 Å². The Kier molecular flexibility index (Phi) is 5.36. The number of esters is 1. The van der Waals surface area contributed by atoms with Crippen molar-refractivity contribution in [3.05, 3.63) is 29.3 Å². The zero-order valence-corrected chi connectivity index (χ0v) is 11.0. The minimum absolute atomic E-state index is 0.107. The van der Waals surface area contributed by atoms with Crippen LogP contribution in [0.5, 0.6) is 5.75 Å². The fraction of sp³-hybridized carbons (Fsp3) is 0.429. The van der Waals surface area contributed by atoms with E-state index >= 15 is 0 Å². The fourth-order valence-corrected chi connectivity index (χ4v) is 1.60. The summed E-state index contributed by atoms with van der Waals surface area (Å²) in [7, 11) is 0. The molecule has 0 aliphatic heterocycles. The number of Topliss-reactive ketones (excluding diaryl/α,β-unsaturated/α-hetero) is 1. The number of ether oxygens (including phenoxy) is 2. The second kappa shape index (κ2) is 6.79. The largest absolute Gasteiger partial charge is 0.485 e. The number of ketones is 1. The van der Waals surface area contributed by atoms with Gasteiger partial charge in [0.25, 0.3) is 0 Å². The normalized spacial score (nSPS) is 9.94. The summed E-state index contributed by atoms with van der Waals surface area (Å²) in [5.41, 5.74) is 1.94. The molecule has 0 N–H and O–H groups in total. The molecule has 0 radical (unpaired) electrons. The number of rotatable bonds is 6. The quantitative estimate of drug-likeness (QED) is 0.573. The second-order valence-corrected chi connectivity index (χ2v) is 4.03. The lowest BCUT2D eigenvalue weighted by molar-refractivity contribution is -0.145. The van der Waals surface area contributed by atoms with Crippen molar-refractivity contribution in [2.45, 2.75) is 27.2 Å². The number of hydrogen-bond donors (Lipinski definition) is 0. The summed E-state index contributed by atoms with van der Waals surface area (Å²) in [6.07, 6.45) is -0.237. The number of carbonyl (C=O) groups excluding carboxylic acids is 2. The molecule has 1 rings (SSSR count). The smallest absolute Gasteiger partial charge is 0.313 e. The first kappa shape index (κ1) is 14.2. The van der Waals surface area contributed by atoms with Crippen LogP contribution in [-0.4, -0.2) is 25.0 Å². The van der Waals surface area contributed by atoms with Crippen molar-refractivity contribution in [1.29, 1.82) is 0 Å².